The van der Waals surface area contributed by atoms with E-state index in [1.807, 2.05) is 0 Å². The fourth-order valence-electron chi connectivity index (χ4n) is 2.74. The number of halogens is 1. The SMILES string of the molecule is CN(CC1(O)CCCC1)c1c(F)cccc1C=O. The number of rotatable bonds is 4. The summed E-state index contributed by atoms with van der Waals surface area (Å²) in [6.45, 7) is 0.356. The van der Waals surface area contributed by atoms with Crippen LogP contribution in [-0.4, -0.2) is 30.6 Å². The fraction of sp³-hybridized carbons (Fsp3) is 0.500. The summed E-state index contributed by atoms with van der Waals surface area (Å²) in [4.78, 5) is 12.6. The Bertz CT molecular complexity index is 441. The van der Waals surface area contributed by atoms with Gasteiger partial charge in [-0.05, 0) is 25.0 Å². The van der Waals surface area contributed by atoms with Gasteiger partial charge in [0.05, 0.1) is 11.3 Å². The third-order valence-corrected chi connectivity index (χ3v) is 3.59. The van der Waals surface area contributed by atoms with Crippen molar-refractivity contribution in [2.45, 2.75) is 31.3 Å². The summed E-state index contributed by atoms with van der Waals surface area (Å²) in [5, 5.41) is 10.3. The van der Waals surface area contributed by atoms with Gasteiger partial charge in [-0.15, -0.1) is 0 Å². The molecule has 0 unspecified atom stereocenters. The van der Waals surface area contributed by atoms with Crippen molar-refractivity contribution >= 4 is 12.0 Å². The number of para-hydroxylation sites is 1. The number of benzene rings is 1. The lowest BCUT2D eigenvalue weighted by molar-refractivity contribution is 0.0557. The van der Waals surface area contributed by atoms with Gasteiger partial charge >= 0.3 is 0 Å². The summed E-state index contributed by atoms with van der Waals surface area (Å²) in [5.74, 6) is -0.427. The first-order valence-electron chi connectivity index (χ1n) is 6.23. The number of nitrogens with zero attached hydrogens (tertiary/aromatic N) is 1. The highest BCUT2D eigenvalue weighted by molar-refractivity contribution is 5.84. The van der Waals surface area contributed by atoms with Crippen LogP contribution in [-0.2, 0) is 0 Å². The summed E-state index contributed by atoms with van der Waals surface area (Å²) < 4.78 is 13.8. The van der Waals surface area contributed by atoms with Gasteiger partial charge in [0, 0.05) is 19.2 Å². The Hall–Kier alpha value is -1.42. The molecule has 98 valence electrons. The van der Waals surface area contributed by atoms with E-state index in [1.165, 1.54) is 12.1 Å². The first-order chi connectivity index (χ1) is 8.56. The number of hydrogen-bond acceptors (Lipinski definition) is 3. The number of carbonyl (C=O) groups is 1. The summed E-state index contributed by atoms with van der Waals surface area (Å²) in [6.07, 6.45) is 4.13. The normalized spacial score (nSPS) is 17.7. The highest BCUT2D eigenvalue weighted by Crippen LogP contribution is 2.32. The van der Waals surface area contributed by atoms with E-state index in [0.29, 0.717) is 18.4 Å². The van der Waals surface area contributed by atoms with Crippen molar-refractivity contribution in [3.8, 4) is 0 Å². The van der Waals surface area contributed by atoms with Crippen molar-refractivity contribution < 1.29 is 14.3 Å². The summed E-state index contributed by atoms with van der Waals surface area (Å²) in [5.41, 5.74) is -0.163. The molecule has 1 fully saturated rings. The van der Waals surface area contributed by atoms with Gasteiger partial charge in [-0.1, -0.05) is 18.9 Å². The zero-order chi connectivity index (χ0) is 13.2. The highest BCUT2D eigenvalue weighted by Gasteiger charge is 2.33. The topological polar surface area (TPSA) is 40.5 Å². The van der Waals surface area contributed by atoms with E-state index >= 15 is 0 Å². The van der Waals surface area contributed by atoms with Crippen LogP contribution in [0.2, 0.25) is 0 Å². The smallest absolute Gasteiger partial charge is 0.152 e. The molecule has 0 spiro atoms. The van der Waals surface area contributed by atoms with Gasteiger partial charge in [-0.3, -0.25) is 4.79 Å². The van der Waals surface area contributed by atoms with Crippen LogP contribution in [0.5, 0.6) is 0 Å². The number of anilines is 1. The minimum Gasteiger partial charge on any atom is -0.388 e. The van der Waals surface area contributed by atoms with E-state index < -0.39 is 11.4 Å². The number of carbonyl (C=O) groups excluding carboxylic acids is 1. The molecule has 1 aromatic rings. The van der Waals surface area contributed by atoms with Crippen LogP contribution in [0.25, 0.3) is 0 Å². The zero-order valence-electron chi connectivity index (χ0n) is 10.5. The Morgan fingerprint density at radius 1 is 1.44 bits per heavy atom. The molecule has 0 atom stereocenters. The Morgan fingerprint density at radius 2 is 2.11 bits per heavy atom. The number of aldehydes is 1. The van der Waals surface area contributed by atoms with E-state index in [-0.39, 0.29) is 5.69 Å². The highest BCUT2D eigenvalue weighted by atomic mass is 19.1. The minimum absolute atomic E-state index is 0.271. The quantitative estimate of drug-likeness (QED) is 0.835. The molecule has 0 aliphatic heterocycles. The number of likely N-dealkylation sites (N-methyl/N-ethyl adjacent to an activating group) is 1. The maximum atomic E-state index is 13.8. The molecule has 18 heavy (non-hydrogen) atoms. The van der Waals surface area contributed by atoms with Crippen LogP contribution < -0.4 is 4.90 Å². The van der Waals surface area contributed by atoms with Gasteiger partial charge in [0.25, 0.3) is 0 Å². The predicted molar refractivity (Wildman–Crippen MR) is 68.5 cm³/mol. The van der Waals surface area contributed by atoms with Crippen molar-refractivity contribution in [3.05, 3.63) is 29.6 Å². The molecule has 1 saturated carbocycles. The maximum Gasteiger partial charge on any atom is 0.152 e. The molecule has 4 heteroatoms. The Kier molecular flexibility index (Phi) is 3.66. The zero-order valence-corrected chi connectivity index (χ0v) is 10.5. The molecule has 0 radical (unpaired) electrons. The van der Waals surface area contributed by atoms with Gasteiger partial charge in [-0.25, -0.2) is 4.39 Å². The average Bonchev–Trinajstić information content (AvgIpc) is 2.75. The van der Waals surface area contributed by atoms with Crippen LogP contribution in [0.15, 0.2) is 18.2 Å². The maximum absolute atomic E-state index is 13.8. The number of hydrogen-bond donors (Lipinski definition) is 1. The molecule has 1 aliphatic carbocycles. The molecule has 3 nitrogen and oxygen atoms in total. The molecule has 0 bridgehead atoms. The third-order valence-electron chi connectivity index (χ3n) is 3.59. The Balaban J connectivity index is 2.23. The second-order valence-corrected chi connectivity index (χ2v) is 5.08. The minimum atomic E-state index is -0.753. The molecule has 1 aliphatic rings. The summed E-state index contributed by atoms with van der Waals surface area (Å²) in [6, 6.07) is 4.43. The monoisotopic (exact) mass is 251 g/mol. The molecular formula is C14H18FNO2. The summed E-state index contributed by atoms with van der Waals surface area (Å²) >= 11 is 0. The van der Waals surface area contributed by atoms with Crippen LogP contribution in [0, 0.1) is 5.82 Å². The molecular weight excluding hydrogens is 233 g/mol. The van der Waals surface area contributed by atoms with Crippen molar-refractivity contribution in [3.63, 3.8) is 0 Å². The van der Waals surface area contributed by atoms with E-state index in [9.17, 15) is 14.3 Å². The average molecular weight is 251 g/mol. The van der Waals surface area contributed by atoms with Crippen molar-refractivity contribution in [1.82, 2.24) is 0 Å². The first kappa shape index (κ1) is 13.0. The largest absolute Gasteiger partial charge is 0.388 e. The molecule has 1 N–H and O–H groups in total. The third kappa shape index (κ3) is 2.53. The van der Waals surface area contributed by atoms with Crippen molar-refractivity contribution in [2.75, 3.05) is 18.5 Å². The van der Waals surface area contributed by atoms with Gasteiger partial charge < -0.3 is 10.0 Å². The van der Waals surface area contributed by atoms with Gasteiger partial charge in [0.2, 0.25) is 0 Å². The first-order valence-corrected chi connectivity index (χ1v) is 6.23. The van der Waals surface area contributed by atoms with E-state index in [0.717, 1.165) is 25.7 Å². The lowest BCUT2D eigenvalue weighted by Crippen LogP contribution is -2.39. The van der Waals surface area contributed by atoms with Gasteiger partial charge in [-0.2, -0.15) is 0 Å². The predicted octanol–water partition coefficient (Wildman–Crippen LogP) is 2.38. The standard InChI is InChI=1S/C14H18FNO2/c1-16(10-14(18)7-2-3-8-14)13-11(9-17)5-4-6-12(13)15/h4-6,9,18H,2-3,7-8,10H2,1H3. The fourth-order valence-corrected chi connectivity index (χ4v) is 2.74. The molecule has 0 saturated heterocycles. The van der Waals surface area contributed by atoms with Gasteiger partial charge in [0.1, 0.15) is 5.82 Å². The van der Waals surface area contributed by atoms with Crippen molar-refractivity contribution in [2.24, 2.45) is 0 Å². The van der Waals surface area contributed by atoms with Crippen LogP contribution in [0.4, 0.5) is 10.1 Å². The molecule has 0 heterocycles. The molecule has 0 amide bonds. The number of aliphatic hydroxyl groups is 1. The van der Waals surface area contributed by atoms with E-state index in [4.69, 9.17) is 0 Å². The van der Waals surface area contributed by atoms with Crippen LogP contribution in [0.1, 0.15) is 36.0 Å². The summed E-state index contributed by atoms with van der Waals surface area (Å²) in [7, 11) is 1.71. The Morgan fingerprint density at radius 3 is 2.72 bits per heavy atom. The lowest BCUT2D eigenvalue weighted by atomic mass is 10.0. The molecule has 1 aromatic carbocycles. The van der Waals surface area contributed by atoms with Crippen LogP contribution >= 0.6 is 0 Å². The van der Waals surface area contributed by atoms with Crippen molar-refractivity contribution in [1.29, 1.82) is 0 Å². The van der Waals surface area contributed by atoms with E-state index in [2.05, 4.69) is 0 Å². The second-order valence-electron chi connectivity index (χ2n) is 5.08. The van der Waals surface area contributed by atoms with E-state index in [1.54, 1.807) is 18.0 Å². The Labute approximate surface area is 106 Å². The van der Waals surface area contributed by atoms with Gasteiger partial charge in [0.15, 0.2) is 6.29 Å². The lowest BCUT2D eigenvalue weighted by Gasteiger charge is -2.30. The molecule has 2 rings (SSSR count). The second kappa shape index (κ2) is 5.06. The van der Waals surface area contributed by atoms with Crippen LogP contribution in [0.3, 0.4) is 0 Å². The molecule has 0 aromatic heterocycles.